The standard InChI is InChI=1S/C20H23N3O5S2/c1-28-17-6-3-2-5-16(17)23-14-15(13-18(23)24)20(25)21-8-10-22(11-9-21)30(26,27)19-7-4-12-29-19/h2-7,12,15H,8-11,13-14H2,1H3. The third kappa shape index (κ3) is 3.82. The molecular formula is C20H23N3O5S2. The van der Waals surface area contributed by atoms with Crippen molar-refractivity contribution in [1.29, 1.82) is 0 Å². The molecule has 2 fully saturated rings. The first-order valence-electron chi connectivity index (χ1n) is 9.67. The van der Waals surface area contributed by atoms with Gasteiger partial charge in [-0.1, -0.05) is 18.2 Å². The van der Waals surface area contributed by atoms with Crippen LogP contribution in [0, 0.1) is 5.92 Å². The van der Waals surface area contributed by atoms with Gasteiger partial charge in [-0.3, -0.25) is 9.59 Å². The van der Waals surface area contributed by atoms with Crippen LogP contribution < -0.4 is 9.64 Å². The quantitative estimate of drug-likeness (QED) is 0.693. The van der Waals surface area contributed by atoms with Gasteiger partial charge < -0.3 is 14.5 Å². The number of benzene rings is 1. The molecule has 1 aromatic heterocycles. The zero-order chi connectivity index (χ0) is 21.3. The third-order valence-electron chi connectivity index (χ3n) is 5.49. The SMILES string of the molecule is COc1ccccc1N1CC(C(=O)N2CCN(S(=O)(=O)c3cccs3)CC2)CC1=O. The molecule has 10 heteroatoms. The number of thiophene rings is 1. The molecule has 0 radical (unpaired) electrons. The van der Waals surface area contributed by atoms with Gasteiger partial charge in [-0.25, -0.2) is 8.42 Å². The van der Waals surface area contributed by atoms with Gasteiger partial charge in [0, 0.05) is 39.1 Å². The zero-order valence-electron chi connectivity index (χ0n) is 16.6. The number of carbonyl (C=O) groups excluding carboxylic acids is 2. The molecule has 160 valence electrons. The Kier molecular flexibility index (Phi) is 5.81. The fourth-order valence-corrected chi connectivity index (χ4v) is 6.47. The van der Waals surface area contributed by atoms with Gasteiger partial charge in [0.05, 0.1) is 18.7 Å². The number of sulfonamides is 1. The summed E-state index contributed by atoms with van der Waals surface area (Å²) < 4.78 is 32.4. The summed E-state index contributed by atoms with van der Waals surface area (Å²) in [7, 11) is -1.96. The van der Waals surface area contributed by atoms with Crippen LogP contribution in [-0.2, 0) is 19.6 Å². The Hall–Kier alpha value is -2.43. The fraction of sp³-hybridized carbons (Fsp3) is 0.400. The van der Waals surface area contributed by atoms with Gasteiger partial charge in [-0.2, -0.15) is 4.31 Å². The molecule has 0 N–H and O–H groups in total. The minimum absolute atomic E-state index is 0.103. The lowest BCUT2D eigenvalue weighted by atomic mass is 10.1. The van der Waals surface area contributed by atoms with Gasteiger partial charge in [0.1, 0.15) is 9.96 Å². The molecule has 3 heterocycles. The molecule has 1 unspecified atom stereocenters. The summed E-state index contributed by atoms with van der Waals surface area (Å²) in [5.41, 5.74) is 0.659. The summed E-state index contributed by atoms with van der Waals surface area (Å²) in [6, 6.07) is 10.5. The van der Waals surface area contributed by atoms with Crippen molar-refractivity contribution in [3.63, 3.8) is 0 Å². The summed E-state index contributed by atoms with van der Waals surface area (Å²) >= 11 is 1.19. The second-order valence-electron chi connectivity index (χ2n) is 7.24. The van der Waals surface area contributed by atoms with Crippen molar-refractivity contribution in [3.05, 3.63) is 41.8 Å². The number of nitrogens with zero attached hydrogens (tertiary/aromatic N) is 3. The number of rotatable bonds is 5. The summed E-state index contributed by atoms with van der Waals surface area (Å²) in [5, 5.41) is 1.73. The van der Waals surface area contributed by atoms with Gasteiger partial charge in [-0.05, 0) is 23.6 Å². The molecule has 0 aliphatic carbocycles. The second-order valence-corrected chi connectivity index (χ2v) is 10.4. The number of para-hydroxylation sites is 2. The van der Waals surface area contributed by atoms with Gasteiger partial charge in [-0.15, -0.1) is 11.3 Å². The minimum Gasteiger partial charge on any atom is -0.495 e. The van der Waals surface area contributed by atoms with Crippen LogP contribution in [0.1, 0.15) is 6.42 Å². The van der Waals surface area contributed by atoms with E-state index in [4.69, 9.17) is 4.74 Å². The summed E-state index contributed by atoms with van der Waals surface area (Å²) in [6.45, 7) is 1.45. The smallest absolute Gasteiger partial charge is 0.252 e. The first-order chi connectivity index (χ1) is 14.4. The van der Waals surface area contributed by atoms with Gasteiger partial charge in [0.15, 0.2) is 0 Å². The third-order valence-corrected chi connectivity index (χ3v) is 8.76. The highest BCUT2D eigenvalue weighted by Crippen LogP contribution is 2.33. The Balaban J connectivity index is 1.40. The fourth-order valence-electron chi connectivity index (χ4n) is 3.90. The van der Waals surface area contributed by atoms with Crippen LogP contribution in [0.25, 0.3) is 0 Å². The van der Waals surface area contributed by atoms with Crippen LogP contribution in [0.3, 0.4) is 0 Å². The first-order valence-corrected chi connectivity index (χ1v) is 12.0. The topological polar surface area (TPSA) is 87.2 Å². The van der Waals surface area contributed by atoms with Crippen LogP contribution in [0.2, 0.25) is 0 Å². The van der Waals surface area contributed by atoms with Crippen LogP contribution in [0.5, 0.6) is 5.75 Å². The Bertz CT molecular complexity index is 1030. The van der Waals surface area contributed by atoms with E-state index >= 15 is 0 Å². The highest BCUT2D eigenvalue weighted by molar-refractivity contribution is 7.91. The number of hydrogen-bond acceptors (Lipinski definition) is 6. The number of carbonyl (C=O) groups is 2. The normalized spacial score (nSPS) is 20.6. The van der Waals surface area contributed by atoms with Crippen LogP contribution >= 0.6 is 11.3 Å². The summed E-state index contributed by atoms with van der Waals surface area (Å²) in [4.78, 5) is 28.8. The van der Waals surface area contributed by atoms with Crippen molar-refractivity contribution in [1.82, 2.24) is 9.21 Å². The van der Waals surface area contributed by atoms with E-state index in [1.54, 1.807) is 46.6 Å². The molecule has 1 aromatic carbocycles. The Morgan fingerprint density at radius 1 is 1.10 bits per heavy atom. The van der Waals surface area contributed by atoms with Crippen LogP contribution in [0.4, 0.5) is 5.69 Å². The average molecular weight is 450 g/mol. The molecule has 4 rings (SSSR count). The van der Waals surface area contributed by atoms with Crippen molar-refractivity contribution in [2.24, 2.45) is 5.92 Å². The molecule has 1 atom stereocenters. The number of hydrogen-bond donors (Lipinski definition) is 0. The predicted octanol–water partition coefficient (Wildman–Crippen LogP) is 1.64. The number of amides is 2. The maximum Gasteiger partial charge on any atom is 0.252 e. The lowest BCUT2D eigenvalue weighted by Gasteiger charge is -2.35. The lowest BCUT2D eigenvalue weighted by Crippen LogP contribution is -2.52. The van der Waals surface area contributed by atoms with E-state index in [1.165, 1.54) is 15.6 Å². The minimum atomic E-state index is -3.51. The molecular weight excluding hydrogens is 426 g/mol. The largest absolute Gasteiger partial charge is 0.495 e. The van der Waals surface area contributed by atoms with Crippen molar-refractivity contribution < 1.29 is 22.7 Å². The molecule has 2 aliphatic rings. The molecule has 0 bridgehead atoms. The van der Waals surface area contributed by atoms with E-state index in [9.17, 15) is 18.0 Å². The Labute approximate surface area is 179 Å². The highest BCUT2D eigenvalue weighted by Gasteiger charge is 2.39. The molecule has 30 heavy (non-hydrogen) atoms. The Morgan fingerprint density at radius 2 is 1.83 bits per heavy atom. The maximum absolute atomic E-state index is 13.0. The van der Waals surface area contributed by atoms with Crippen molar-refractivity contribution in [2.45, 2.75) is 10.6 Å². The molecule has 0 saturated carbocycles. The number of piperazine rings is 1. The molecule has 0 spiro atoms. The number of methoxy groups -OCH3 is 1. The van der Waals surface area contributed by atoms with Gasteiger partial charge >= 0.3 is 0 Å². The van der Waals surface area contributed by atoms with Gasteiger partial charge in [0.2, 0.25) is 11.8 Å². The maximum atomic E-state index is 13.0. The van der Waals surface area contributed by atoms with Crippen LogP contribution in [0.15, 0.2) is 46.0 Å². The van der Waals surface area contributed by atoms with Crippen molar-refractivity contribution >= 4 is 38.9 Å². The van der Waals surface area contributed by atoms with Gasteiger partial charge in [0.25, 0.3) is 10.0 Å². The molecule has 8 nitrogen and oxygen atoms in total. The van der Waals surface area contributed by atoms with Crippen LogP contribution in [-0.4, -0.2) is 69.3 Å². The lowest BCUT2D eigenvalue weighted by molar-refractivity contribution is -0.136. The summed E-state index contributed by atoms with van der Waals surface area (Å²) in [5.74, 6) is -0.0695. The highest BCUT2D eigenvalue weighted by atomic mass is 32.2. The Morgan fingerprint density at radius 3 is 2.50 bits per heavy atom. The van der Waals surface area contributed by atoms with Crippen molar-refractivity contribution in [2.75, 3.05) is 44.7 Å². The van der Waals surface area contributed by atoms with E-state index in [2.05, 4.69) is 0 Å². The average Bonchev–Trinajstić information content (AvgIpc) is 3.44. The molecule has 2 amide bonds. The van der Waals surface area contributed by atoms with E-state index in [0.29, 0.717) is 35.3 Å². The van der Waals surface area contributed by atoms with E-state index < -0.39 is 15.9 Å². The summed E-state index contributed by atoms with van der Waals surface area (Å²) in [6.07, 6.45) is 0.143. The van der Waals surface area contributed by atoms with E-state index in [0.717, 1.165) is 0 Å². The molecule has 2 saturated heterocycles. The zero-order valence-corrected chi connectivity index (χ0v) is 18.2. The number of ether oxygens (including phenoxy) is 1. The van der Waals surface area contributed by atoms with Crippen molar-refractivity contribution in [3.8, 4) is 5.75 Å². The monoisotopic (exact) mass is 449 g/mol. The van der Waals surface area contributed by atoms with E-state index in [-0.39, 0.29) is 31.3 Å². The van der Waals surface area contributed by atoms with E-state index in [1.807, 2.05) is 12.1 Å². The molecule has 2 aliphatic heterocycles. The second kappa shape index (κ2) is 8.37. The number of anilines is 1. The first kappa shape index (κ1) is 20.8. The predicted molar refractivity (Wildman–Crippen MR) is 113 cm³/mol. The molecule has 2 aromatic rings.